The summed E-state index contributed by atoms with van der Waals surface area (Å²) in [5.41, 5.74) is 1.82. The summed E-state index contributed by atoms with van der Waals surface area (Å²) in [5.74, 6) is -1.30. The van der Waals surface area contributed by atoms with Crippen LogP contribution in [0.2, 0.25) is 0 Å². The van der Waals surface area contributed by atoms with E-state index in [1.807, 2.05) is 17.0 Å². The van der Waals surface area contributed by atoms with Crippen LogP contribution in [0.4, 0.5) is 24.7 Å². The predicted octanol–water partition coefficient (Wildman–Crippen LogP) is 3.92. The van der Waals surface area contributed by atoms with Crippen LogP contribution in [0.3, 0.4) is 0 Å². The maximum Gasteiger partial charge on any atom is 0.490 e. The second-order valence-corrected chi connectivity index (χ2v) is 12.1. The number of aliphatic carboxylic acids is 1. The zero-order valence-electron chi connectivity index (χ0n) is 23.2. The molecular formula is C27H36F3N5O5S. The number of likely N-dealkylation sites (tertiary alicyclic amines) is 1. The molecule has 226 valence electrons. The summed E-state index contributed by atoms with van der Waals surface area (Å²) >= 11 is 0. The number of alkyl halides is 3. The van der Waals surface area contributed by atoms with E-state index in [1.54, 1.807) is 18.2 Å². The van der Waals surface area contributed by atoms with E-state index in [2.05, 4.69) is 40.7 Å². The van der Waals surface area contributed by atoms with Crippen LogP contribution >= 0.6 is 0 Å². The third kappa shape index (κ3) is 8.80. The number of carbonyl (C=O) groups is 2. The number of hydrogen-bond acceptors (Lipinski definition) is 7. The Morgan fingerprint density at radius 3 is 2.15 bits per heavy atom. The SMILES string of the molecule is CC1CCN(C(=O)c2cc(NS(=O)(=O)c3ccc(C(C)C)cc3)cnc2N2CCNCC2)CC1.O=C(O)C(F)(F)F. The number of nitrogens with zero attached hydrogens (tertiary/aromatic N) is 3. The van der Waals surface area contributed by atoms with Crippen LogP contribution in [0, 0.1) is 5.92 Å². The van der Waals surface area contributed by atoms with E-state index in [0.717, 1.165) is 44.6 Å². The first-order valence-electron chi connectivity index (χ1n) is 13.4. The molecule has 0 saturated carbocycles. The van der Waals surface area contributed by atoms with E-state index in [1.165, 1.54) is 6.20 Å². The van der Waals surface area contributed by atoms with E-state index >= 15 is 0 Å². The maximum absolute atomic E-state index is 13.5. The number of amides is 1. The van der Waals surface area contributed by atoms with Crippen molar-refractivity contribution < 1.29 is 36.3 Å². The molecule has 41 heavy (non-hydrogen) atoms. The number of halogens is 3. The minimum Gasteiger partial charge on any atom is -0.475 e. The largest absolute Gasteiger partial charge is 0.490 e. The van der Waals surface area contributed by atoms with Gasteiger partial charge in [0.15, 0.2) is 0 Å². The van der Waals surface area contributed by atoms with Crippen LogP contribution in [0.15, 0.2) is 41.4 Å². The number of piperidine rings is 1. The Morgan fingerprint density at radius 1 is 1.07 bits per heavy atom. The molecule has 10 nitrogen and oxygen atoms in total. The van der Waals surface area contributed by atoms with E-state index in [9.17, 15) is 26.4 Å². The highest BCUT2D eigenvalue weighted by atomic mass is 32.2. The van der Waals surface area contributed by atoms with E-state index in [-0.39, 0.29) is 10.8 Å². The van der Waals surface area contributed by atoms with Crippen LogP contribution in [-0.4, -0.2) is 80.7 Å². The number of carboxylic acid groups (broad SMARTS) is 1. The van der Waals surface area contributed by atoms with Crippen molar-refractivity contribution in [3.05, 3.63) is 47.7 Å². The van der Waals surface area contributed by atoms with Gasteiger partial charge < -0.3 is 20.2 Å². The number of piperazine rings is 1. The molecule has 3 N–H and O–H groups in total. The molecule has 0 spiro atoms. The highest BCUT2D eigenvalue weighted by Gasteiger charge is 2.38. The van der Waals surface area contributed by atoms with E-state index in [0.29, 0.717) is 42.0 Å². The Balaban J connectivity index is 0.000000587. The van der Waals surface area contributed by atoms with Gasteiger partial charge in [-0.2, -0.15) is 13.2 Å². The second-order valence-electron chi connectivity index (χ2n) is 10.4. The Labute approximate surface area is 238 Å². The Morgan fingerprint density at radius 2 is 1.63 bits per heavy atom. The minimum absolute atomic E-state index is 0.0877. The van der Waals surface area contributed by atoms with Gasteiger partial charge in [-0.05, 0) is 48.4 Å². The van der Waals surface area contributed by atoms with Crippen molar-refractivity contribution in [2.75, 3.05) is 48.9 Å². The molecule has 0 radical (unpaired) electrons. The fraction of sp³-hybridized carbons (Fsp3) is 0.519. The topological polar surface area (TPSA) is 132 Å². The zero-order valence-corrected chi connectivity index (χ0v) is 24.1. The van der Waals surface area contributed by atoms with Crippen LogP contribution in [0.25, 0.3) is 0 Å². The van der Waals surface area contributed by atoms with Gasteiger partial charge in [0.05, 0.1) is 22.3 Å². The molecule has 2 aliphatic heterocycles. The van der Waals surface area contributed by atoms with Crippen LogP contribution < -0.4 is 14.9 Å². The Kier molecular flexibility index (Phi) is 10.6. The van der Waals surface area contributed by atoms with Crippen molar-refractivity contribution in [1.82, 2.24) is 15.2 Å². The van der Waals surface area contributed by atoms with Crippen molar-refractivity contribution in [2.45, 2.75) is 50.6 Å². The summed E-state index contributed by atoms with van der Waals surface area (Å²) in [6, 6.07) is 8.53. The highest BCUT2D eigenvalue weighted by Crippen LogP contribution is 2.27. The smallest absolute Gasteiger partial charge is 0.475 e. The first kappa shape index (κ1) is 32.1. The summed E-state index contributed by atoms with van der Waals surface area (Å²) in [4.78, 5) is 31.1. The molecule has 0 unspecified atom stereocenters. The molecule has 0 aliphatic carbocycles. The van der Waals surface area contributed by atoms with Crippen molar-refractivity contribution >= 4 is 33.4 Å². The zero-order chi connectivity index (χ0) is 30.4. The molecule has 1 aromatic carbocycles. The fourth-order valence-electron chi connectivity index (χ4n) is 4.43. The number of sulfonamides is 1. The van der Waals surface area contributed by atoms with Gasteiger partial charge in [-0.15, -0.1) is 0 Å². The first-order chi connectivity index (χ1) is 19.2. The number of carbonyl (C=O) groups excluding carboxylic acids is 1. The number of benzene rings is 1. The summed E-state index contributed by atoms with van der Waals surface area (Å²) in [5, 5.41) is 10.4. The van der Waals surface area contributed by atoms with Gasteiger partial charge in [0.1, 0.15) is 5.82 Å². The molecule has 14 heteroatoms. The molecule has 2 aliphatic rings. The van der Waals surface area contributed by atoms with E-state index < -0.39 is 22.2 Å². The number of nitrogens with one attached hydrogen (secondary N) is 2. The lowest BCUT2D eigenvalue weighted by molar-refractivity contribution is -0.192. The predicted molar refractivity (Wildman–Crippen MR) is 149 cm³/mol. The standard InChI is InChI=1S/C25H35N5O3S.C2HF3O2/c1-18(2)20-4-6-22(7-5-20)34(32,33)28-21-16-23(25(31)30-12-8-19(3)9-13-30)24(27-17-21)29-14-10-26-11-15-29;3-2(4,5)1(6)7/h4-7,16-19,26,28H,8-15H2,1-3H3;(H,6,7). The number of carboxylic acids is 1. The number of aromatic nitrogens is 1. The molecule has 3 heterocycles. The normalized spacial score (nSPS) is 16.7. The van der Waals surface area contributed by atoms with Gasteiger partial charge in [-0.1, -0.05) is 32.9 Å². The van der Waals surface area contributed by atoms with Gasteiger partial charge in [-0.3, -0.25) is 9.52 Å². The van der Waals surface area contributed by atoms with Gasteiger partial charge in [-0.25, -0.2) is 18.2 Å². The van der Waals surface area contributed by atoms with Crippen molar-refractivity contribution in [3.8, 4) is 0 Å². The van der Waals surface area contributed by atoms with Gasteiger partial charge in [0.2, 0.25) is 0 Å². The van der Waals surface area contributed by atoms with Crippen LogP contribution in [0.1, 0.15) is 55.5 Å². The first-order valence-corrected chi connectivity index (χ1v) is 14.8. The number of hydrogen-bond donors (Lipinski definition) is 3. The van der Waals surface area contributed by atoms with Gasteiger partial charge in [0, 0.05) is 39.3 Å². The summed E-state index contributed by atoms with van der Waals surface area (Å²) in [6.45, 7) is 10.9. The maximum atomic E-state index is 13.5. The lowest BCUT2D eigenvalue weighted by Gasteiger charge is -2.33. The highest BCUT2D eigenvalue weighted by molar-refractivity contribution is 7.92. The van der Waals surface area contributed by atoms with Crippen LogP contribution in [-0.2, 0) is 14.8 Å². The van der Waals surface area contributed by atoms with Gasteiger partial charge in [0.25, 0.3) is 15.9 Å². The molecule has 4 rings (SSSR count). The number of rotatable bonds is 6. The minimum atomic E-state index is -5.08. The lowest BCUT2D eigenvalue weighted by Crippen LogP contribution is -2.45. The molecular weight excluding hydrogens is 563 g/mol. The van der Waals surface area contributed by atoms with Gasteiger partial charge >= 0.3 is 12.1 Å². The van der Waals surface area contributed by atoms with E-state index in [4.69, 9.17) is 9.90 Å². The summed E-state index contributed by atoms with van der Waals surface area (Å²) in [6.07, 6.45) is -1.63. The monoisotopic (exact) mass is 599 g/mol. The third-order valence-corrected chi connectivity index (χ3v) is 8.33. The van der Waals surface area contributed by atoms with Crippen molar-refractivity contribution in [2.24, 2.45) is 5.92 Å². The van der Waals surface area contributed by atoms with Crippen molar-refractivity contribution in [3.63, 3.8) is 0 Å². The van der Waals surface area contributed by atoms with Crippen molar-refractivity contribution in [1.29, 1.82) is 0 Å². The molecule has 2 aromatic rings. The molecule has 1 amide bonds. The average molecular weight is 600 g/mol. The summed E-state index contributed by atoms with van der Waals surface area (Å²) in [7, 11) is -3.81. The second kappa shape index (κ2) is 13.5. The molecule has 2 fully saturated rings. The molecule has 0 atom stereocenters. The summed E-state index contributed by atoms with van der Waals surface area (Å²) < 4.78 is 60.4. The molecule has 2 saturated heterocycles. The van der Waals surface area contributed by atoms with Crippen LogP contribution in [0.5, 0.6) is 0 Å². The quantitative estimate of drug-likeness (QED) is 0.455. The number of pyridine rings is 1. The third-order valence-electron chi connectivity index (χ3n) is 6.94. The fourth-order valence-corrected chi connectivity index (χ4v) is 5.46. The molecule has 0 bridgehead atoms. The average Bonchev–Trinajstić information content (AvgIpc) is 2.93. The lowest BCUT2D eigenvalue weighted by atomic mass is 9.98. The number of anilines is 2. The Bertz CT molecular complexity index is 1310. The molecule has 1 aromatic heterocycles. The Hall–Kier alpha value is -3.39.